The molecule has 0 fully saturated rings. The van der Waals surface area contributed by atoms with E-state index in [1.807, 2.05) is 0 Å². The van der Waals surface area contributed by atoms with Gasteiger partial charge < -0.3 is 4.74 Å². The molecule has 142 valence electrons. The van der Waals surface area contributed by atoms with Gasteiger partial charge in [-0.1, -0.05) is 17.7 Å². The Morgan fingerprint density at radius 2 is 1.74 bits per heavy atom. The van der Waals surface area contributed by atoms with Crippen LogP contribution < -0.4 is 0 Å². The molecule has 2 heterocycles. The lowest BCUT2D eigenvalue weighted by Gasteiger charge is -2.09. The number of hydrogen-bond donors (Lipinski definition) is 0. The van der Waals surface area contributed by atoms with Crippen LogP contribution in [0.2, 0.25) is 0 Å². The molecule has 0 bridgehead atoms. The Morgan fingerprint density at radius 3 is 2.30 bits per heavy atom. The fourth-order valence-electron chi connectivity index (χ4n) is 2.51. The van der Waals surface area contributed by atoms with Gasteiger partial charge in [-0.25, -0.2) is 22.2 Å². The van der Waals surface area contributed by atoms with Gasteiger partial charge in [-0.15, -0.1) is 0 Å². The molecule has 0 unspecified atom stereocenters. The van der Waals surface area contributed by atoms with Crippen molar-refractivity contribution in [3.63, 3.8) is 0 Å². The molecule has 6 nitrogen and oxygen atoms in total. The highest BCUT2D eigenvalue weighted by Crippen LogP contribution is 2.32. The second-order valence-corrected chi connectivity index (χ2v) is 7.53. The Bertz CT molecular complexity index is 1130. The Kier molecular flexibility index (Phi) is 4.46. The van der Waals surface area contributed by atoms with E-state index in [9.17, 15) is 26.4 Å². The van der Waals surface area contributed by atoms with E-state index in [0.717, 1.165) is 24.9 Å². The topological polar surface area (TPSA) is 78.3 Å². The van der Waals surface area contributed by atoms with E-state index < -0.39 is 33.5 Å². The number of rotatable bonds is 3. The van der Waals surface area contributed by atoms with Crippen molar-refractivity contribution in [2.45, 2.75) is 18.0 Å². The molecule has 0 aliphatic heterocycles. The molecule has 1 aromatic carbocycles. The number of aromatic nitrogens is 2. The van der Waals surface area contributed by atoms with E-state index >= 15 is 0 Å². The number of nitrogens with zero attached hydrogens (tertiary/aromatic N) is 2. The number of pyridine rings is 1. The summed E-state index contributed by atoms with van der Waals surface area (Å²) < 4.78 is 70.1. The number of alkyl halides is 3. The molecule has 0 spiro atoms. The van der Waals surface area contributed by atoms with E-state index in [4.69, 9.17) is 0 Å². The molecule has 2 aromatic heterocycles. The largest absolute Gasteiger partial charge is 0.465 e. The van der Waals surface area contributed by atoms with Crippen molar-refractivity contribution in [3.8, 4) is 0 Å². The van der Waals surface area contributed by atoms with Gasteiger partial charge in [-0.3, -0.25) is 0 Å². The Balaban J connectivity index is 2.33. The van der Waals surface area contributed by atoms with E-state index in [2.05, 4.69) is 9.72 Å². The smallest absolute Gasteiger partial charge is 0.433 e. The summed E-state index contributed by atoms with van der Waals surface area (Å²) in [5.74, 6) is -0.889. The van der Waals surface area contributed by atoms with E-state index in [0.29, 0.717) is 10.0 Å². The zero-order valence-electron chi connectivity index (χ0n) is 14.1. The Labute approximate surface area is 152 Å². The van der Waals surface area contributed by atoms with Crippen LogP contribution in [0.1, 0.15) is 21.6 Å². The van der Waals surface area contributed by atoms with Gasteiger partial charge in [0.05, 0.1) is 17.6 Å². The van der Waals surface area contributed by atoms with Gasteiger partial charge in [-0.05, 0) is 31.2 Å². The van der Waals surface area contributed by atoms with Gasteiger partial charge >= 0.3 is 12.1 Å². The molecule has 27 heavy (non-hydrogen) atoms. The number of carbonyl (C=O) groups excluding carboxylic acids is 1. The molecule has 0 saturated carbocycles. The van der Waals surface area contributed by atoms with E-state index in [-0.39, 0.29) is 15.8 Å². The fourth-order valence-corrected chi connectivity index (χ4v) is 3.83. The molecule has 3 aromatic rings. The van der Waals surface area contributed by atoms with E-state index in [1.54, 1.807) is 19.1 Å². The van der Waals surface area contributed by atoms with Gasteiger partial charge in [0.25, 0.3) is 10.0 Å². The summed E-state index contributed by atoms with van der Waals surface area (Å²) in [4.78, 5) is 15.2. The summed E-state index contributed by atoms with van der Waals surface area (Å²) >= 11 is 0. The van der Waals surface area contributed by atoms with Crippen molar-refractivity contribution in [2.75, 3.05) is 7.11 Å². The highest BCUT2D eigenvalue weighted by molar-refractivity contribution is 7.90. The van der Waals surface area contributed by atoms with Crippen molar-refractivity contribution in [1.29, 1.82) is 0 Å². The fraction of sp³-hybridized carbons (Fsp3) is 0.176. The third-order valence-electron chi connectivity index (χ3n) is 3.89. The predicted molar refractivity (Wildman–Crippen MR) is 89.8 cm³/mol. The molecule has 0 atom stereocenters. The summed E-state index contributed by atoms with van der Waals surface area (Å²) in [6, 6.07) is 7.42. The van der Waals surface area contributed by atoms with Crippen LogP contribution in [0.25, 0.3) is 11.0 Å². The van der Waals surface area contributed by atoms with Gasteiger partial charge in [0.2, 0.25) is 0 Å². The molecule has 0 amide bonds. The first-order valence-electron chi connectivity index (χ1n) is 7.55. The molecule has 3 rings (SSSR count). The van der Waals surface area contributed by atoms with Crippen LogP contribution >= 0.6 is 0 Å². The predicted octanol–water partition coefficient (Wildman–Crippen LogP) is 3.39. The molecule has 0 saturated heterocycles. The number of methoxy groups -OCH3 is 1. The maximum atomic E-state index is 13.0. The van der Waals surface area contributed by atoms with Crippen LogP contribution in [0.4, 0.5) is 13.2 Å². The third-order valence-corrected chi connectivity index (χ3v) is 5.56. The van der Waals surface area contributed by atoms with Gasteiger partial charge in [0, 0.05) is 11.6 Å². The number of esters is 1. The van der Waals surface area contributed by atoms with Gasteiger partial charge in [0.15, 0.2) is 5.65 Å². The first-order chi connectivity index (χ1) is 12.6. The number of fused-ring (bicyclic) bond motifs is 1. The molecule has 0 N–H and O–H groups in total. The van der Waals surface area contributed by atoms with E-state index in [1.165, 1.54) is 12.1 Å². The van der Waals surface area contributed by atoms with Crippen molar-refractivity contribution in [1.82, 2.24) is 8.96 Å². The zero-order chi connectivity index (χ0) is 20.0. The number of aryl methyl sites for hydroxylation is 1. The Hall–Kier alpha value is -2.88. The summed E-state index contributed by atoms with van der Waals surface area (Å²) in [5, 5.41) is -0.0643. The molecule has 10 heteroatoms. The average molecular weight is 398 g/mol. The molecule has 0 radical (unpaired) electrons. The van der Waals surface area contributed by atoms with Crippen LogP contribution in [0.3, 0.4) is 0 Å². The zero-order valence-corrected chi connectivity index (χ0v) is 14.9. The van der Waals surface area contributed by atoms with Crippen molar-refractivity contribution >= 4 is 27.0 Å². The first kappa shape index (κ1) is 18.9. The van der Waals surface area contributed by atoms with Crippen LogP contribution in [-0.4, -0.2) is 30.5 Å². The number of halogens is 3. The number of ether oxygens (including phenoxy) is 1. The second kappa shape index (κ2) is 6.38. The molecule has 0 aliphatic carbocycles. The van der Waals surface area contributed by atoms with Gasteiger partial charge in [0.1, 0.15) is 5.69 Å². The minimum atomic E-state index is -4.78. The number of hydrogen-bond acceptors (Lipinski definition) is 5. The summed E-state index contributed by atoms with van der Waals surface area (Å²) in [6.45, 7) is 1.76. The molecular formula is C17H13F3N2O4S. The lowest BCUT2D eigenvalue weighted by atomic mass is 10.2. The maximum absolute atomic E-state index is 13.0. The SMILES string of the molecule is COC(=O)c1cn(S(=O)(=O)c2ccc(C)cc2)c2nc(C(F)(F)F)ccc12. The maximum Gasteiger partial charge on any atom is 0.433 e. The second-order valence-electron chi connectivity index (χ2n) is 5.71. The highest BCUT2D eigenvalue weighted by atomic mass is 32.2. The standard InChI is InChI=1S/C17H13F3N2O4S/c1-10-3-5-11(6-4-10)27(24,25)22-9-13(16(23)26-2)12-7-8-14(17(18,19)20)21-15(12)22/h3-9H,1-2H3. The van der Waals surface area contributed by atoms with Crippen LogP contribution in [0.5, 0.6) is 0 Å². The van der Waals surface area contributed by atoms with Crippen molar-refractivity contribution < 1.29 is 31.1 Å². The number of benzene rings is 1. The highest BCUT2D eigenvalue weighted by Gasteiger charge is 2.34. The molecular weight excluding hydrogens is 385 g/mol. The van der Waals surface area contributed by atoms with Crippen LogP contribution in [-0.2, 0) is 20.9 Å². The third kappa shape index (κ3) is 3.27. The summed E-state index contributed by atoms with van der Waals surface area (Å²) in [6.07, 6.45) is -3.86. The Morgan fingerprint density at radius 1 is 1.11 bits per heavy atom. The summed E-state index contributed by atoms with van der Waals surface area (Å²) in [5.41, 5.74) is -1.18. The van der Waals surface area contributed by atoms with Crippen LogP contribution in [0.15, 0.2) is 47.5 Å². The van der Waals surface area contributed by atoms with Crippen molar-refractivity contribution in [3.05, 3.63) is 59.4 Å². The van der Waals surface area contributed by atoms with Crippen molar-refractivity contribution in [2.24, 2.45) is 0 Å². The summed E-state index contributed by atoms with van der Waals surface area (Å²) in [7, 11) is -3.21. The monoisotopic (exact) mass is 398 g/mol. The lowest BCUT2D eigenvalue weighted by molar-refractivity contribution is -0.141. The first-order valence-corrected chi connectivity index (χ1v) is 8.99. The minimum Gasteiger partial charge on any atom is -0.465 e. The lowest BCUT2D eigenvalue weighted by Crippen LogP contribution is -2.14. The quantitative estimate of drug-likeness (QED) is 0.632. The minimum absolute atomic E-state index is 0.0643. The number of carbonyl (C=O) groups is 1. The normalized spacial score (nSPS) is 12.3. The average Bonchev–Trinajstić information content (AvgIpc) is 3.00. The van der Waals surface area contributed by atoms with Gasteiger partial charge in [-0.2, -0.15) is 13.2 Å². The van der Waals surface area contributed by atoms with Crippen LogP contribution in [0, 0.1) is 6.92 Å². The molecule has 0 aliphatic rings.